The Hall–Kier alpha value is -2.32. The second kappa shape index (κ2) is 9.00. The number of nitrogens with zero attached hydrogens (tertiary/aromatic N) is 4. The molecule has 1 atom stereocenters. The van der Waals surface area contributed by atoms with Gasteiger partial charge >= 0.3 is 0 Å². The molecule has 3 aromatic rings. The molecule has 1 saturated heterocycles. The van der Waals surface area contributed by atoms with E-state index in [0.29, 0.717) is 6.54 Å². The van der Waals surface area contributed by atoms with E-state index in [1.807, 2.05) is 24.4 Å². The number of aromatic nitrogens is 3. The molecule has 6 nitrogen and oxygen atoms in total. The molecule has 0 spiro atoms. The van der Waals surface area contributed by atoms with Crippen molar-refractivity contribution in [2.24, 2.45) is 0 Å². The van der Waals surface area contributed by atoms with Gasteiger partial charge in [0.15, 0.2) is 5.16 Å². The van der Waals surface area contributed by atoms with Crippen LogP contribution in [0.1, 0.15) is 30.2 Å². The number of aryl methyl sites for hydroxylation is 1. The Bertz CT molecular complexity index is 946. The lowest BCUT2D eigenvalue weighted by Gasteiger charge is -2.19. The van der Waals surface area contributed by atoms with Gasteiger partial charge in [0.25, 0.3) is 0 Å². The number of hydrogen-bond acceptors (Lipinski definition) is 6. The Morgan fingerprint density at radius 1 is 1.21 bits per heavy atom. The van der Waals surface area contributed by atoms with Gasteiger partial charge in [-0.15, -0.1) is 21.5 Å². The van der Waals surface area contributed by atoms with Gasteiger partial charge in [0.1, 0.15) is 0 Å². The molecule has 1 aromatic carbocycles. The molecule has 0 saturated carbocycles. The lowest BCUT2D eigenvalue weighted by Crippen LogP contribution is -2.30. The Labute approximate surface area is 179 Å². The minimum absolute atomic E-state index is 0.00424. The van der Waals surface area contributed by atoms with Crippen molar-refractivity contribution in [3.63, 3.8) is 0 Å². The molecule has 1 aliphatic heterocycles. The molecule has 1 fully saturated rings. The molecule has 0 radical (unpaired) electrons. The number of amides is 1. The van der Waals surface area contributed by atoms with Crippen molar-refractivity contribution in [3.8, 4) is 5.69 Å². The average Bonchev–Trinajstić information content (AvgIpc) is 3.48. The van der Waals surface area contributed by atoms with Gasteiger partial charge < -0.3 is 10.2 Å². The normalized spacial score (nSPS) is 14.9. The predicted molar refractivity (Wildman–Crippen MR) is 119 cm³/mol. The molecule has 1 unspecified atom stereocenters. The molecular weight excluding hydrogens is 402 g/mol. The van der Waals surface area contributed by atoms with E-state index in [9.17, 15) is 4.79 Å². The number of carbonyl (C=O) groups is 1. The van der Waals surface area contributed by atoms with Crippen LogP contribution >= 0.6 is 23.1 Å². The third-order valence-electron chi connectivity index (χ3n) is 4.97. The number of benzene rings is 1. The van der Waals surface area contributed by atoms with Crippen molar-refractivity contribution in [1.29, 1.82) is 0 Å². The summed E-state index contributed by atoms with van der Waals surface area (Å²) in [6, 6.07) is 12.4. The van der Waals surface area contributed by atoms with Crippen LogP contribution in [0, 0.1) is 6.92 Å². The average molecular weight is 428 g/mol. The van der Waals surface area contributed by atoms with E-state index < -0.39 is 0 Å². The highest BCUT2D eigenvalue weighted by atomic mass is 32.2. The first kappa shape index (κ1) is 20.0. The minimum Gasteiger partial charge on any atom is -0.350 e. The summed E-state index contributed by atoms with van der Waals surface area (Å²) < 4.78 is 2.08. The summed E-state index contributed by atoms with van der Waals surface area (Å²) in [7, 11) is 0. The molecule has 1 aliphatic rings. The zero-order valence-corrected chi connectivity index (χ0v) is 18.3. The van der Waals surface area contributed by atoms with Gasteiger partial charge in [-0.1, -0.05) is 35.5 Å². The van der Waals surface area contributed by atoms with Crippen molar-refractivity contribution >= 4 is 35.0 Å². The Balaban J connectivity index is 1.54. The first-order valence-electron chi connectivity index (χ1n) is 9.86. The monoisotopic (exact) mass is 427 g/mol. The molecule has 0 aliphatic carbocycles. The van der Waals surface area contributed by atoms with Crippen molar-refractivity contribution in [3.05, 3.63) is 52.2 Å². The van der Waals surface area contributed by atoms with Crippen LogP contribution in [0.25, 0.3) is 5.69 Å². The maximum Gasteiger partial charge on any atom is 0.233 e. The van der Waals surface area contributed by atoms with Crippen LogP contribution in [-0.4, -0.2) is 39.0 Å². The van der Waals surface area contributed by atoms with Gasteiger partial charge in [-0.3, -0.25) is 9.36 Å². The van der Waals surface area contributed by atoms with Crippen molar-refractivity contribution in [2.45, 2.75) is 43.6 Å². The number of rotatable bonds is 7. The van der Waals surface area contributed by atoms with Crippen molar-refractivity contribution in [1.82, 2.24) is 20.1 Å². The number of thiophene rings is 1. The fourth-order valence-electron chi connectivity index (χ4n) is 3.32. The van der Waals surface area contributed by atoms with Gasteiger partial charge in [0.2, 0.25) is 11.9 Å². The number of hydrogen-bond donors (Lipinski definition) is 1. The second-order valence-electron chi connectivity index (χ2n) is 7.20. The van der Waals surface area contributed by atoms with E-state index in [1.165, 1.54) is 30.2 Å². The highest BCUT2D eigenvalue weighted by molar-refractivity contribution is 8.00. The van der Waals surface area contributed by atoms with Crippen LogP contribution in [0.3, 0.4) is 0 Å². The predicted octanol–water partition coefficient (Wildman–Crippen LogP) is 4.03. The van der Waals surface area contributed by atoms with E-state index >= 15 is 0 Å². The summed E-state index contributed by atoms with van der Waals surface area (Å²) in [5.41, 5.74) is 2.23. The van der Waals surface area contributed by atoms with Gasteiger partial charge in [-0.25, -0.2) is 0 Å². The van der Waals surface area contributed by atoms with Crippen molar-refractivity contribution in [2.75, 3.05) is 18.0 Å². The fraction of sp³-hybridized carbons (Fsp3) is 0.381. The molecule has 29 heavy (non-hydrogen) atoms. The molecule has 1 N–H and O–H groups in total. The summed E-state index contributed by atoms with van der Waals surface area (Å²) in [5.74, 6) is 0.865. The summed E-state index contributed by atoms with van der Waals surface area (Å²) >= 11 is 3.09. The van der Waals surface area contributed by atoms with Gasteiger partial charge in [-0.2, -0.15) is 0 Å². The van der Waals surface area contributed by atoms with E-state index in [-0.39, 0.29) is 11.2 Å². The molecule has 2 aromatic heterocycles. The van der Waals surface area contributed by atoms with E-state index in [4.69, 9.17) is 0 Å². The van der Waals surface area contributed by atoms with Gasteiger partial charge in [-0.05, 0) is 50.3 Å². The first-order chi connectivity index (χ1) is 14.1. The Morgan fingerprint density at radius 3 is 2.66 bits per heavy atom. The first-order valence-corrected chi connectivity index (χ1v) is 11.6. The molecular formula is C21H25N5OS2. The zero-order valence-electron chi connectivity index (χ0n) is 16.7. The Morgan fingerprint density at radius 2 is 1.97 bits per heavy atom. The molecule has 8 heteroatoms. The van der Waals surface area contributed by atoms with E-state index in [0.717, 1.165) is 34.8 Å². The van der Waals surface area contributed by atoms with Crippen LogP contribution in [0.15, 0.2) is 46.9 Å². The summed E-state index contributed by atoms with van der Waals surface area (Å²) in [4.78, 5) is 16.0. The topological polar surface area (TPSA) is 63.1 Å². The molecule has 4 rings (SSSR count). The van der Waals surface area contributed by atoms with Gasteiger partial charge in [0, 0.05) is 18.0 Å². The number of carbonyl (C=O) groups excluding carboxylic acids is 1. The van der Waals surface area contributed by atoms with Crippen LogP contribution in [0.2, 0.25) is 0 Å². The Kier molecular flexibility index (Phi) is 6.20. The van der Waals surface area contributed by atoms with Crippen LogP contribution in [0.5, 0.6) is 0 Å². The highest BCUT2D eigenvalue weighted by Crippen LogP contribution is 2.30. The second-order valence-corrected chi connectivity index (χ2v) is 9.55. The molecule has 152 valence electrons. The van der Waals surface area contributed by atoms with Gasteiger partial charge in [0.05, 0.1) is 17.5 Å². The molecule has 0 bridgehead atoms. The highest BCUT2D eigenvalue weighted by Gasteiger charge is 2.25. The molecule has 1 amide bonds. The quantitative estimate of drug-likeness (QED) is 0.577. The largest absolute Gasteiger partial charge is 0.350 e. The number of anilines is 1. The van der Waals surface area contributed by atoms with Crippen LogP contribution < -0.4 is 10.2 Å². The standard InChI is InChI=1S/C21H25N5OS2/c1-15-7-9-17(10-8-15)26-20(25-11-3-4-12-25)23-24-21(26)29-16(2)19(27)22-14-18-6-5-13-28-18/h5-10,13,16H,3-4,11-12,14H2,1-2H3,(H,22,27). The minimum atomic E-state index is -0.269. The fourth-order valence-corrected chi connectivity index (χ4v) is 4.85. The lowest BCUT2D eigenvalue weighted by atomic mass is 10.2. The summed E-state index contributed by atoms with van der Waals surface area (Å²) in [6.07, 6.45) is 2.34. The number of thioether (sulfide) groups is 1. The molecule has 3 heterocycles. The van der Waals surface area contributed by atoms with E-state index in [2.05, 4.69) is 56.2 Å². The SMILES string of the molecule is Cc1ccc(-n2c(SC(C)C(=O)NCc3cccs3)nnc2N2CCCC2)cc1. The smallest absolute Gasteiger partial charge is 0.233 e. The van der Waals surface area contributed by atoms with Crippen molar-refractivity contribution < 1.29 is 4.79 Å². The third kappa shape index (κ3) is 4.64. The number of nitrogens with one attached hydrogen (secondary N) is 1. The maximum absolute atomic E-state index is 12.6. The zero-order chi connectivity index (χ0) is 20.2. The van der Waals surface area contributed by atoms with E-state index in [1.54, 1.807) is 11.3 Å². The maximum atomic E-state index is 12.6. The summed E-state index contributed by atoms with van der Waals surface area (Å²) in [5, 5.41) is 14.4. The van der Waals surface area contributed by atoms with Crippen LogP contribution in [0.4, 0.5) is 5.95 Å². The van der Waals surface area contributed by atoms with Crippen LogP contribution in [-0.2, 0) is 11.3 Å². The summed E-state index contributed by atoms with van der Waals surface area (Å²) in [6.45, 7) is 6.53. The third-order valence-corrected chi connectivity index (χ3v) is 6.88. The lowest BCUT2D eigenvalue weighted by molar-refractivity contribution is -0.120.